The minimum atomic E-state index is -0.743. The Morgan fingerprint density at radius 2 is 2.31 bits per heavy atom. The van der Waals surface area contributed by atoms with Crippen LogP contribution in [-0.2, 0) is 17.6 Å². The normalized spacial score (nSPS) is 12.8. The fourth-order valence-electron chi connectivity index (χ4n) is 1.24. The lowest BCUT2D eigenvalue weighted by Crippen LogP contribution is -2.12. The van der Waals surface area contributed by atoms with Crippen molar-refractivity contribution in [2.45, 2.75) is 19.6 Å². The Balaban J connectivity index is 2.52. The van der Waals surface area contributed by atoms with Crippen molar-refractivity contribution in [3.8, 4) is 0 Å². The fraction of sp³-hybridized carbons (Fsp3) is 0.600. The van der Waals surface area contributed by atoms with E-state index < -0.39 is 5.97 Å². The maximum atomic E-state index is 10.6. The number of carboxylic acids is 1. The summed E-state index contributed by atoms with van der Waals surface area (Å²) in [5.74, 6) is 0.340. The number of hydrogen-bond donors (Lipinski definition) is 1. The summed E-state index contributed by atoms with van der Waals surface area (Å²) in [7, 11) is 1.90. The van der Waals surface area contributed by atoms with E-state index in [9.17, 15) is 4.79 Å². The van der Waals surface area contributed by atoms with Crippen LogP contribution >= 0.6 is 27.7 Å². The Labute approximate surface area is 108 Å². The maximum absolute atomic E-state index is 10.6. The zero-order valence-electron chi connectivity index (χ0n) is 9.53. The second-order valence-electron chi connectivity index (χ2n) is 3.72. The molecule has 0 fully saturated rings. The summed E-state index contributed by atoms with van der Waals surface area (Å²) in [6.45, 7) is 3.66. The smallest absolute Gasteiger partial charge is 0.307 e. The predicted molar refractivity (Wildman–Crippen MR) is 68.6 cm³/mol. The minimum Gasteiger partial charge on any atom is -0.481 e. The van der Waals surface area contributed by atoms with Crippen LogP contribution in [0.3, 0.4) is 0 Å². The first-order valence-corrected chi connectivity index (χ1v) is 6.86. The zero-order valence-corrected chi connectivity index (χ0v) is 11.9. The number of aliphatic carboxylic acids is 1. The van der Waals surface area contributed by atoms with Gasteiger partial charge in [-0.25, -0.2) is 0 Å². The SMILES string of the molecule is Cc1nn(C)c(CSCC(C)C(=O)O)c1Br. The molecule has 16 heavy (non-hydrogen) atoms. The summed E-state index contributed by atoms with van der Waals surface area (Å²) in [6, 6.07) is 0. The van der Waals surface area contributed by atoms with Gasteiger partial charge < -0.3 is 5.11 Å². The molecule has 0 aliphatic heterocycles. The number of hydrogen-bond acceptors (Lipinski definition) is 3. The number of rotatable bonds is 5. The molecule has 0 amide bonds. The predicted octanol–water partition coefficient (Wildman–Crippen LogP) is 2.44. The van der Waals surface area contributed by atoms with E-state index in [4.69, 9.17) is 5.11 Å². The monoisotopic (exact) mass is 306 g/mol. The summed E-state index contributed by atoms with van der Waals surface area (Å²) in [6.07, 6.45) is 0. The third kappa shape index (κ3) is 3.25. The lowest BCUT2D eigenvalue weighted by Gasteiger charge is -2.06. The molecule has 1 atom stereocenters. The molecule has 6 heteroatoms. The molecule has 0 aliphatic rings. The first-order chi connectivity index (χ1) is 7.43. The second kappa shape index (κ2) is 5.72. The van der Waals surface area contributed by atoms with Gasteiger partial charge in [0, 0.05) is 18.6 Å². The Hall–Kier alpha value is -0.490. The fourth-order valence-corrected chi connectivity index (χ4v) is 3.04. The van der Waals surface area contributed by atoms with Crippen molar-refractivity contribution in [2.75, 3.05) is 5.75 Å². The van der Waals surface area contributed by atoms with Crippen molar-refractivity contribution in [3.05, 3.63) is 15.9 Å². The molecule has 90 valence electrons. The van der Waals surface area contributed by atoms with E-state index in [1.54, 1.807) is 18.7 Å². The van der Waals surface area contributed by atoms with Gasteiger partial charge in [0.1, 0.15) is 0 Å². The summed E-state index contributed by atoms with van der Waals surface area (Å²) < 4.78 is 2.85. The maximum Gasteiger partial charge on any atom is 0.307 e. The molecule has 1 unspecified atom stereocenters. The number of carbonyl (C=O) groups is 1. The van der Waals surface area contributed by atoms with Crippen LogP contribution in [0.4, 0.5) is 0 Å². The van der Waals surface area contributed by atoms with Crippen LogP contribution in [0.5, 0.6) is 0 Å². The lowest BCUT2D eigenvalue weighted by molar-refractivity contribution is -0.140. The first kappa shape index (κ1) is 13.6. The number of thioether (sulfide) groups is 1. The van der Waals surface area contributed by atoms with Crippen LogP contribution in [0.25, 0.3) is 0 Å². The zero-order chi connectivity index (χ0) is 12.3. The third-order valence-corrected chi connectivity index (χ3v) is 4.53. The van der Waals surface area contributed by atoms with E-state index in [-0.39, 0.29) is 5.92 Å². The Morgan fingerprint density at radius 3 is 2.75 bits per heavy atom. The van der Waals surface area contributed by atoms with E-state index >= 15 is 0 Å². The molecule has 1 aromatic heterocycles. The van der Waals surface area contributed by atoms with E-state index in [2.05, 4.69) is 21.0 Å². The molecular weight excluding hydrogens is 292 g/mol. The Morgan fingerprint density at radius 1 is 1.69 bits per heavy atom. The molecule has 0 saturated heterocycles. The highest BCUT2D eigenvalue weighted by atomic mass is 79.9. The molecule has 0 radical (unpaired) electrons. The van der Waals surface area contributed by atoms with Gasteiger partial charge in [-0.3, -0.25) is 9.48 Å². The molecule has 1 heterocycles. The summed E-state index contributed by atoms with van der Waals surface area (Å²) in [5, 5.41) is 13.0. The Bertz CT molecular complexity index is 392. The van der Waals surface area contributed by atoms with Crippen LogP contribution in [-0.4, -0.2) is 26.6 Å². The molecule has 1 rings (SSSR count). The first-order valence-electron chi connectivity index (χ1n) is 4.92. The average Bonchev–Trinajstić information content (AvgIpc) is 2.44. The van der Waals surface area contributed by atoms with Crippen molar-refractivity contribution in [3.63, 3.8) is 0 Å². The highest BCUT2D eigenvalue weighted by molar-refractivity contribution is 9.10. The number of aromatic nitrogens is 2. The van der Waals surface area contributed by atoms with Crippen LogP contribution < -0.4 is 0 Å². The molecule has 0 aromatic carbocycles. The van der Waals surface area contributed by atoms with Crippen molar-refractivity contribution >= 4 is 33.7 Å². The molecule has 0 aliphatic carbocycles. The average molecular weight is 307 g/mol. The summed E-state index contributed by atoms with van der Waals surface area (Å²) in [4.78, 5) is 10.6. The number of halogens is 1. The topological polar surface area (TPSA) is 55.1 Å². The van der Waals surface area contributed by atoms with Crippen molar-refractivity contribution in [1.29, 1.82) is 0 Å². The highest BCUT2D eigenvalue weighted by Crippen LogP contribution is 2.25. The largest absolute Gasteiger partial charge is 0.481 e. The molecule has 0 spiro atoms. The number of nitrogens with zero attached hydrogens (tertiary/aromatic N) is 2. The quantitative estimate of drug-likeness (QED) is 0.908. The van der Waals surface area contributed by atoms with Crippen molar-refractivity contribution in [1.82, 2.24) is 9.78 Å². The van der Waals surface area contributed by atoms with Crippen LogP contribution in [0.15, 0.2) is 4.47 Å². The van der Waals surface area contributed by atoms with Crippen LogP contribution in [0.1, 0.15) is 18.3 Å². The summed E-state index contributed by atoms with van der Waals surface area (Å²) >= 11 is 5.10. The molecular formula is C10H15BrN2O2S. The summed E-state index contributed by atoms with van der Waals surface area (Å²) in [5.41, 5.74) is 2.06. The van der Waals surface area contributed by atoms with Gasteiger partial charge in [0.25, 0.3) is 0 Å². The highest BCUT2D eigenvalue weighted by Gasteiger charge is 2.13. The van der Waals surface area contributed by atoms with Crippen LogP contribution in [0.2, 0.25) is 0 Å². The lowest BCUT2D eigenvalue weighted by atomic mass is 10.2. The third-order valence-electron chi connectivity index (χ3n) is 2.29. The van der Waals surface area contributed by atoms with E-state index in [0.29, 0.717) is 5.75 Å². The van der Waals surface area contributed by atoms with Gasteiger partial charge in [-0.1, -0.05) is 6.92 Å². The van der Waals surface area contributed by atoms with Crippen LogP contribution in [0, 0.1) is 12.8 Å². The number of carboxylic acid groups (broad SMARTS) is 1. The molecule has 1 aromatic rings. The van der Waals surface area contributed by atoms with Crippen molar-refractivity contribution < 1.29 is 9.90 Å². The second-order valence-corrected chi connectivity index (χ2v) is 5.55. The van der Waals surface area contributed by atoms with Gasteiger partial charge >= 0.3 is 5.97 Å². The van der Waals surface area contributed by atoms with Gasteiger partial charge in [0.05, 0.1) is 21.8 Å². The van der Waals surface area contributed by atoms with E-state index in [1.165, 1.54) is 0 Å². The Kier molecular flexibility index (Phi) is 4.86. The van der Waals surface area contributed by atoms with E-state index in [0.717, 1.165) is 21.6 Å². The van der Waals surface area contributed by atoms with Gasteiger partial charge in [-0.15, -0.1) is 0 Å². The molecule has 0 bridgehead atoms. The van der Waals surface area contributed by atoms with E-state index in [1.807, 2.05) is 18.7 Å². The molecule has 4 nitrogen and oxygen atoms in total. The molecule has 0 saturated carbocycles. The van der Waals surface area contributed by atoms with Gasteiger partial charge in [0.2, 0.25) is 0 Å². The van der Waals surface area contributed by atoms with Gasteiger partial charge in [-0.05, 0) is 22.9 Å². The van der Waals surface area contributed by atoms with Gasteiger partial charge in [-0.2, -0.15) is 16.9 Å². The van der Waals surface area contributed by atoms with Gasteiger partial charge in [0.15, 0.2) is 0 Å². The standard InChI is InChI=1S/C10H15BrN2O2S/c1-6(10(14)15)4-16-5-8-9(11)7(2)12-13(8)3/h6H,4-5H2,1-3H3,(H,14,15). The minimum absolute atomic E-state index is 0.307. The molecule has 1 N–H and O–H groups in total. The number of aryl methyl sites for hydroxylation is 2. The van der Waals surface area contributed by atoms with Crippen molar-refractivity contribution in [2.24, 2.45) is 13.0 Å².